The minimum Gasteiger partial charge on any atom is -0.480 e. The molecule has 4 heterocycles. The maximum Gasteiger partial charge on any atom is 0.281 e. The van der Waals surface area contributed by atoms with E-state index in [1.54, 1.807) is 11.0 Å². The molecule has 3 aliphatic rings. The Morgan fingerprint density at radius 3 is 2.59 bits per heavy atom. The minimum atomic E-state index is -2.92. The fourth-order valence-corrected chi connectivity index (χ4v) is 6.54. The number of benzene rings is 1. The van der Waals surface area contributed by atoms with Crippen molar-refractivity contribution in [1.82, 2.24) is 25.2 Å². The largest absolute Gasteiger partial charge is 0.480 e. The highest BCUT2D eigenvalue weighted by atomic mass is 35.5. The lowest BCUT2D eigenvalue weighted by molar-refractivity contribution is -0.128. The summed E-state index contributed by atoms with van der Waals surface area (Å²) in [7, 11) is 1.42. The Morgan fingerprint density at radius 2 is 1.89 bits per heavy atom. The standard InChI is InChI=1S/C30H28ClF3N6O4/c1-44-24-12-35-11-22(38-24)28(42)39-14-30(15-39)21-7-4-18(32)9-23(21)40(29(30)43)13-16-2-5-19(6-3-16)37-27(41)20-8-17(31)10-36-25(20)26(33)34/h4,7-12,16,19,26H,2-3,5-6,13-15H2,1H3,(H,37,41). The van der Waals surface area contributed by atoms with Gasteiger partial charge in [-0.05, 0) is 55.4 Å². The van der Waals surface area contributed by atoms with E-state index in [4.69, 9.17) is 16.3 Å². The van der Waals surface area contributed by atoms with Gasteiger partial charge in [0, 0.05) is 31.9 Å². The van der Waals surface area contributed by atoms with Gasteiger partial charge in [0.15, 0.2) is 5.69 Å². The second kappa shape index (κ2) is 11.7. The van der Waals surface area contributed by atoms with Gasteiger partial charge in [-0.2, -0.15) is 0 Å². The minimum absolute atomic E-state index is 0.0627. The molecule has 1 saturated heterocycles. The SMILES string of the molecule is COc1cncc(C(=O)N2CC3(C2)C(=O)N(CC2CCC(NC(=O)c4cc(Cl)cnc4C(F)F)CC2)c2cc(F)ccc23)n1. The fraction of sp³-hybridized carbons (Fsp3) is 0.400. The third-order valence-corrected chi connectivity index (χ3v) is 8.84. The third kappa shape index (κ3) is 5.33. The molecule has 6 rings (SSSR count). The van der Waals surface area contributed by atoms with Gasteiger partial charge in [0.05, 0.1) is 35.8 Å². The summed E-state index contributed by atoms with van der Waals surface area (Å²) in [4.78, 5) is 54.7. The monoisotopic (exact) mass is 628 g/mol. The molecule has 0 bridgehead atoms. The van der Waals surface area contributed by atoms with E-state index in [9.17, 15) is 27.6 Å². The smallest absolute Gasteiger partial charge is 0.281 e. The molecule has 3 amide bonds. The number of amides is 3. The molecule has 0 unspecified atom stereocenters. The molecular formula is C30H28ClF3N6O4. The van der Waals surface area contributed by atoms with E-state index in [0.717, 1.165) is 6.20 Å². The van der Waals surface area contributed by atoms with Gasteiger partial charge >= 0.3 is 0 Å². The van der Waals surface area contributed by atoms with Gasteiger partial charge in [-0.25, -0.2) is 18.2 Å². The molecule has 10 nitrogen and oxygen atoms in total. The number of ether oxygens (including phenoxy) is 1. The maximum absolute atomic E-state index is 14.4. The molecule has 230 valence electrons. The number of hydrogen-bond acceptors (Lipinski definition) is 7. The summed E-state index contributed by atoms with van der Waals surface area (Å²) in [5.41, 5.74) is -0.596. The van der Waals surface area contributed by atoms with Crippen LogP contribution in [0.3, 0.4) is 0 Å². The molecule has 2 fully saturated rings. The van der Waals surface area contributed by atoms with Crippen LogP contribution in [0.25, 0.3) is 0 Å². The molecule has 1 spiro atoms. The lowest BCUT2D eigenvalue weighted by Crippen LogP contribution is -2.65. The summed E-state index contributed by atoms with van der Waals surface area (Å²) >= 11 is 5.89. The molecule has 0 radical (unpaired) electrons. The highest BCUT2D eigenvalue weighted by molar-refractivity contribution is 6.30. The van der Waals surface area contributed by atoms with Crippen molar-refractivity contribution in [3.8, 4) is 5.88 Å². The Hall–Kier alpha value is -4.26. The summed E-state index contributed by atoms with van der Waals surface area (Å²) in [5, 5.41) is 2.90. The summed E-state index contributed by atoms with van der Waals surface area (Å²) < 4.78 is 46.2. The van der Waals surface area contributed by atoms with Crippen molar-refractivity contribution in [3.05, 3.63) is 76.2 Å². The first-order chi connectivity index (χ1) is 21.1. The maximum atomic E-state index is 14.4. The average Bonchev–Trinajstić information content (AvgIpc) is 3.23. The molecule has 44 heavy (non-hydrogen) atoms. The van der Waals surface area contributed by atoms with Gasteiger partial charge in [0.2, 0.25) is 11.8 Å². The number of likely N-dealkylation sites (tertiary alicyclic amines) is 1. The number of aromatic nitrogens is 3. The molecule has 1 N–H and O–H groups in total. The van der Waals surface area contributed by atoms with Crippen LogP contribution in [-0.4, -0.2) is 70.4 Å². The first kappa shape index (κ1) is 29.8. The summed E-state index contributed by atoms with van der Waals surface area (Å²) in [6.07, 6.45) is 3.33. The number of carbonyl (C=O) groups excluding carboxylic acids is 3. The van der Waals surface area contributed by atoms with Gasteiger partial charge in [-0.3, -0.25) is 24.4 Å². The van der Waals surface area contributed by atoms with Crippen LogP contribution in [-0.2, 0) is 10.2 Å². The van der Waals surface area contributed by atoms with Crippen LogP contribution in [0.1, 0.15) is 64.2 Å². The quantitative estimate of drug-likeness (QED) is 0.414. The predicted octanol–water partition coefficient (Wildman–Crippen LogP) is 4.34. The predicted molar refractivity (Wildman–Crippen MR) is 152 cm³/mol. The van der Waals surface area contributed by atoms with E-state index < -0.39 is 29.3 Å². The van der Waals surface area contributed by atoms with Crippen LogP contribution in [0.2, 0.25) is 5.02 Å². The second-order valence-electron chi connectivity index (χ2n) is 11.3. The van der Waals surface area contributed by atoms with Crippen LogP contribution < -0.4 is 15.0 Å². The van der Waals surface area contributed by atoms with Gasteiger partial charge in [0.1, 0.15) is 16.9 Å². The number of methoxy groups -OCH3 is 1. The zero-order chi connectivity index (χ0) is 31.2. The molecule has 2 aromatic heterocycles. The van der Waals surface area contributed by atoms with Gasteiger partial charge in [-0.15, -0.1) is 0 Å². The van der Waals surface area contributed by atoms with Crippen molar-refractivity contribution in [2.24, 2.45) is 5.92 Å². The molecule has 2 aliphatic heterocycles. The summed E-state index contributed by atoms with van der Waals surface area (Å²) in [5.74, 6) is -1.45. The zero-order valence-corrected chi connectivity index (χ0v) is 24.4. The van der Waals surface area contributed by atoms with Crippen molar-refractivity contribution in [1.29, 1.82) is 0 Å². The van der Waals surface area contributed by atoms with E-state index in [2.05, 4.69) is 20.3 Å². The van der Waals surface area contributed by atoms with Crippen LogP contribution in [0.15, 0.2) is 42.9 Å². The van der Waals surface area contributed by atoms with Crippen molar-refractivity contribution in [2.75, 3.05) is 31.6 Å². The Morgan fingerprint density at radius 1 is 1.14 bits per heavy atom. The van der Waals surface area contributed by atoms with Gasteiger partial charge in [-0.1, -0.05) is 17.7 Å². The van der Waals surface area contributed by atoms with Crippen LogP contribution in [0.5, 0.6) is 5.88 Å². The number of anilines is 1. The average molecular weight is 629 g/mol. The number of alkyl halides is 2. The topological polar surface area (TPSA) is 118 Å². The first-order valence-corrected chi connectivity index (χ1v) is 14.5. The molecule has 1 saturated carbocycles. The number of hydrogen-bond donors (Lipinski definition) is 1. The second-order valence-corrected chi connectivity index (χ2v) is 11.8. The Balaban J connectivity index is 1.11. The number of carbonyl (C=O) groups is 3. The number of rotatable bonds is 7. The number of nitrogens with one attached hydrogen (secondary N) is 1. The lowest BCUT2D eigenvalue weighted by atomic mass is 9.74. The van der Waals surface area contributed by atoms with Crippen molar-refractivity contribution in [3.63, 3.8) is 0 Å². The van der Waals surface area contributed by atoms with E-state index >= 15 is 0 Å². The van der Waals surface area contributed by atoms with Gasteiger partial charge < -0.3 is 19.9 Å². The van der Waals surface area contributed by atoms with Crippen molar-refractivity contribution in [2.45, 2.75) is 43.6 Å². The molecule has 3 aromatic rings. The summed E-state index contributed by atoms with van der Waals surface area (Å²) in [6.45, 7) is 0.591. The Kier molecular flexibility index (Phi) is 7.91. The highest BCUT2D eigenvalue weighted by Gasteiger charge is 2.59. The number of nitrogens with zero attached hydrogens (tertiary/aromatic N) is 5. The zero-order valence-electron chi connectivity index (χ0n) is 23.6. The Labute approximate surface area is 255 Å². The Bertz CT molecular complexity index is 1630. The third-order valence-electron chi connectivity index (χ3n) is 8.63. The normalized spacial score (nSPS) is 20.5. The van der Waals surface area contributed by atoms with Crippen LogP contribution in [0.4, 0.5) is 18.9 Å². The first-order valence-electron chi connectivity index (χ1n) is 14.1. The number of fused-ring (bicyclic) bond motifs is 2. The van der Waals surface area contributed by atoms with Crippen molar-refractivity contribution >= 4 is 35.0 Å². The van der Waals surface area contributed by atoms with Gasteiger partial charge in [0.25, 0.3) is 18.2 Å². The summed E-state index contributed by atoms with van der Waals surface area (Å²) in [6, 6.07) is 5.21. The molecular weight excluding hydrogens is 601 g/mol. The van der Waals surface area contributed by atoms with E-state index in [0.29, 0.717) is 43.5 Å². The molecule has 0 atom stereocenters. The van der Waals surface area contributed by atoms with E-state index in [1.807, 2.05) is 0 Å². The van der Waals surface area contributed by atoms with Crippen molar-refractivity contribution < 1.29 is 32.3 Å². The van der Waals surface area contributed by atoms with E-state index in [-0.39, 0.29) is 59.0 Å². The lowest BCUT2D eigenvalue weighted by Gasteiger charge is -2.46. The molecule has 14 heteroatoms. The van der Waals surface area contributed by atoms with Crippen LogP contribution >= 0.6 is 11.6 Å². The molecule has 1 aromatic carbocycles. The van der Waals surface area contributed by atoms with E-state index in [1.165, 1.54) is 42.6 Å². The highest BCUT2D eigenvalue weighted by Crippen LogP contribution is 2.48. The van der Waals surface area contributed by atoms with Crippen LogP contribution in [0, 0.1) is 11.7 Å². The molecule has 1 aliphatic carbocycles. The number of halogens is 4. The fourth-order valence-electron chi connectivity index (χ4n) is 6.38. The number of pyridine rings is 1.